The van der Waals surface area contributed by atoms with Crippen molar-refractivity contribution < 1.29 is 23.9 Å². The van der Waals surface area contributed by atoms with Gasteiger partial charge in [0.05, 0.1) is 19.2 Å². The lowest BCUT2D eigenvalue weighted by Gasteiger charge is -2.14. The van der Waals surface area contributed by atoms with Gasteiger partial charge in [0.2, 0.25) is 0 Å². The van der Waals surface area contributed by atoms with Gasteiger partial charge >= 0.3 is 5.97 Å². The van der Waals surface area contributed by atoms with Crippen molar-refractivity contribution in [3.63, 3.8) is 0 Å². The summed E-state index contributed by atoms with van der Waals surface area (Å²) in [4.78, 5) is 36.6. The molecule has 2 aromatic rings. The van der Waals surface area contributed by atoms with Gasteiger partial charge in [-0.2, -0.15) is 5.11 Å². The predicted molar refractivity (Wildman–Crippen MR) is 112 cm³/mol. The Morgan fingerprint density at radius 1 is 1.06 bits per heavy atom. The van der Waals surface area contributed by atoms with Crippen LogP contribution in [-0.4, -0.2) is 36.9 Å². The van der Waals surface area contributed by atoms with Gasteiger partial charge in [0, 0.05) is 11.1 Å². The van der Waals surface area contributed by atoms with Gasteiger partial charge in [-0.05, 0) is 67.6 Å². The first-order valence-corrected chi connectivity index (χ1v) is 10.1. The molecule has 8 nitrogen and oxygen atoms in total. The number of carbonyl (C=O) groups excluding carboxylic acids is 3. The van der Waals surface area contributed by atoms with Gasteiger partial charge < -0.3 is 14.8 Å². The molecule has 31 heavy (non-hydrogen) atoms. The summed E-state index contributed by atoms with van der Waals surface area (Å²) >= 11 is 0. The van der Waals surface area contributed by atoms with E-state index in [9.17, 15) is 14.4 Å². The second-order valence-electron chi connectivity index (χ2n) is 7.51. The van der Waals surface area contributed by atoms with E-state index in [0.29, 0.717) is 29.4 Å². The molecule has 0 saturated heterocycles. The number of ketones is 1. The number of hydrogen-bond donors (Lipinski definition) is 2. The first kappa shape index (κ1) is 22.1. The number of benzene rings is 2. The zero-order valence-corrected chi connectivity index (χ0v) is 17.3. The van der Waals surface area contributed by atoms with E-state index >= 15 is 0 Å². The SMILES string of the molecule is C[C@H](NC(=O)c1ccc(CN=N)cc1)C(=O)c1ccc(OCC(=O)OCC2CC2)cc1. The molecule has 1 saturated carbocycles. The number of amides is 1. The molecule has 1 amide bonds. The highest BCUT2D eigenvalue weighted by atomic mass is 16.6. The fraction of sp³-hybridized carbons (Fsp3) is 0.348. The molecule has 0 unspecified atom stereocenters. The highest BCUT2D eigenvalue weighted by Crippen LogP contribution is 2.28. The number of carbonyl (C=O) groups is 3. The maximum absolute atomic E-state index is 12.6. The minimum Gasteiger partial charge on any atom is -0.482 e. The maximum atomic E-state index is 12.6. The number of hydrogen-bond acceptors (Lipinski definition) is 7. The van der Waals surface area contributed by atoms with Crippen molar-refractivity contribution in [1.29, 1.82) is 5.53 Å². The molecule has 162 valence electrons. The number of nitrogens with zero attached hydrogens (tertiary/aromatic N) is 1. The maximum Gasteiger partial charge on any atom is 0.344 e. The highest BCUT2D eigenvalue weighted by Gasteiger charge is 2.23. The van der Waals surface area contributed by atoms with Gasteiger partial charge in [-0.1, -0.05) is 12.1 Å². The molecule has 3 rings (SSSR count). The molecule has 0 bridgehead atoms. The van der Waals surface area contributed by atoms with E-state index in [1.54, 1.807) is 55.5 Å². The number of rotatable bonds is 11. The molecule has 0 spiro atoms. The molecule has 2 aromatic carbocycles. The molecule has 1 aliphatic rings. The molecule has 8 heteroatoms. The van der Waals surface area contributed by atoms with Gasteiger partial charge in [0.1, 0.15) is 5.75 Å². The van der Waals surface area contributed by atoms with E-state index in [2.05, 4.69) is 10.4 Å². The monoisotopic (exact) mass is 423 g/mol. The molecule has 1 atom stereocenters. The van der Waals surface area contributed by atoms with E-state index in [0.717, 1.165) is 18.4 Å². The Morgan fingerprint density at radius 2 is 1.71 bits per heavy atom. The first-order chi connectivity index (χ1) is 15.0. The summed E-state index contributed by atoms with van der Waals surface area (Å²) < 4.78 is 10.5. The van der Waals surface area contributed by atoms with Crippen LogP contribution >= 0.6 is 0 Å². The lowest BCUT2D eigenvalue weighted by Crippen LogP contribution is -2.38. The van der Waals surface area contributed by atoms with Crippen LogP contribution < -0.4 is 10.1 Å². The Kier molecular flexibility index (Phi) is 7.48. The second kappa shape index (κ2) is 10.5. The average Bonchev–Trinajstić information content (AvgIpc) is 3.61. The minimum atomic E-state index is -0.723. The summed E-state index contributed by atoms with van der Waals surface area (Å²) in [6.45, 7) is 2.15. The van der Waals surface area contributed by atoms with Crippen LogP contribution in [0.4, 0.5) is 0 Å². The van der Waals surface area contributed by atoms with Crippen molar-refractivity contribution in [1.82, 2.24) is 5.32 Å². The van der Waals surface area contributed by atoms with Crippen LogP contribution in [0.15, 0.2) is 53.6 Å². The molecule has 0 radical (unpaired) electrons. The number of ether oxygens (including phenoxy) is 2. The van der Waals surface area contributed by atoms with Crippen LogP contribution in [0.1, 0.15) is 46.0 Å². The Hall–Kier alpha value is -3.55. The zero-order chi connectivity index (χ0) is 22.2. The minimum absolute atomic E-state index is 0.179. The lowest BCUT2D eigenvalue weighted by atomic mass is 10.0. The summed E-state index contributed by atoms with van der Waals surface area (Å²) in [5.74, 6) is -0.0596. The molecule has 0 aliphatic heterocycles. The van der Waals surface area contributed by atoms with Gasteiger partial charge in [0.25, 0.3) is 5.91 Å². The number of Topliss-reactive ketones (excluding diaryl/α,β-unsaturated/α-hetero) is 1. The normalized spacial score (nSPS) is 13.7. The number of esters is 1. The Bertz CT molecular complexity index is 937. The topological polar surface area (TPSA) is 118 Å². The van der Waals surface area contributed by atoms with Crippen molar-refractivity contribution in [2.24, 2.45) is 11.0 Å². The van der Waals surface area contributed by atoms with Crippen molar-refractivity contribution in [2.45, 2.75) is 32.4 Å². The quantitative estimate of drug-likeness (QED) is 0.326. The van der Waals surface area contributed by atoms with Crippen molar-refractivity contribution in [2.75, 3.05) is 13.2 Å². The summed E-state index contributed by atoms with van der Waals surface area (Å²) in [7, 11) is 0. The van der Waals surface area contributed by atoms with Gasteiger partial charge in [-0.15, -0.1) is 0 Å². The molecule has 1 fully saturated rings. The zero-order valence-electron chi connectivity index (χ0n) is 17.3. The van der Waals surface area contributed by atoms with Crippen LogP contribution in [0.2, 0.25) is 0 Å². The smallest absolute Gasteiger partial charge is 0.344 e. The van der Waals surface area contributed by atoms with Crippen LogP contribution in [0.25, 0.3) is 0 Å². The average molecular weight is 423 g/mol. The Labute approximate surface area is 180 Å². The molecule has 0 heterocycles. The van der Waals surface area contributed by atoms with E-state index in [4.69, 9.17) is 15.0 Å². The van der Waals surface area contributed by atoms with Crippen LogP contribution in [0.5, 0.6) is 5.75 Å². The third-order valence-corrected chi connectivity index (χ3v) is 4.89. The Morgan fingerprint density at radius 3 is 2.32 bits per heavy atom. The Balaban J connectivity index is 1.48. The number of nitrogens with one attached hydrogen (secondary N) is 2. The molecular weight excluding hydrogens is 398 g/mol. The van der Waals surface area contributed by atoms with E-state index in [1.165, 1.54) is 0 Å². The summed E-state index contributed by atoms with van der Waals surface area (Å²) in [6, 6.07) is 12.4. The fourth-order valence-corrected chi connectivity index (χ4v) is 2.84. The standard InChI is InChI=1S/C23H25N3O5/c1-15(26-23(29)19-6-4-16(5-7-19)12-25-24)22(28)18-8-10-20(11-9-18)30-14-21(27)31-13-17-2-3-17/h4-11,15,17,24H,2-3,12-14H2,1H3,(H,26,29)/t15-/m0/s1. The summed E-state index contributed by atoms with van der Waals surface area (Å²) in [6.07, 6.45) is 2.22. The van der Waals surface area contributed by atoms with Crippen LogP contribution in [-0.2, 0) is 16.1 Å². The summed E-state index contributed by atoms with van der Waals surface area (Å²) in [5.41, 5.74) is 8.54. The van der Waals surface area contributed by atoms with Gasteiger partial charge in [0.15, 0.2) is 12.4 Å². The molecule has 2 N–H and O–H groups in total. The highest BCUT2D eigenvalue weighted by molar-refractivity contribution is 6.04. The lowest BCUT2D eigenvalue weighted by molar-refractivity contribution is -0.146. The van der Waals surface area contributed by atoms with Gasteiger partial charge in [-0.25, -0.2) is 10.3 Å². The van der Waals surface area contributed by atoms with Crippen molar-refractivity contribution in [3.05, 3.63) is 65.2 Å². The molecule has 0 aromatic heterocycles. The van der Waals surface area contributed by atoms with Crippen molar-refractivity contribution in [3.8, 4) is 5.75 Å². The predicted octanol–water partition coefficient (Wildman–Crippen LogP) is 3.55. The summed E-state index contributed by atoms with van der Waals surface area (Å²) in [5, 5.41) is 5.99. The van der Waals surface area contributed by atoms with E-state index in [-0.39, 0.29) is 24.8 Å². The third kappa shape index (κ3) is 6.74. The van der Waals surface area contributed by atoms with E-state index in [1.807, 2.05) is 0 Å². The van der Waals surface area contributed by atoms with Gasteiger partial charge in [-0.3, -0.25) is 9.59 Å². The molecule has 1 aliphatic carbocycles. The largest absolute Gasteiger partial charge is 0.482 e. The van der Waals surface area contributed by atoms with Crippen molar-refractivity contribution >= 4 is 17.7 Å². The van der Waals surface area contributed by atoms with Crippen LogP contribution in [0, 0.1) is 11.4 Å². The second-order valence-corrected chi connectivity index (χ2v) is 7.51. The fourth-order valence-electron chi connectivity index (χ4n) is 2.84. The third-order valence-electron chi connectivity index (χ3n) is 4.89. The van der Waals surface area contributed by atoms with E-state index < -0.39 is 12.0 Å². The van der Waals surface area contributed by atoms with Crippen LogP contribution in [0.3, 0.4) is 0 Å². The molecular formula is C23H25N3O5. The first-order valence-electron chi connectivity index (χ1n) is 10.1.